The van der Waals surface area contributed by atoms with Crippen LogP contribution in [0.15, 0.2) is 24.3 Å². The quantitative estimate of drug-likeness (QED) is 0.710. The number of aryl methyl sites for hydroxylation is 1. The zero-order chi connectivity index (χ0) is 19.0. The van der Waals surface area contributed by atoms with Crippen LogP contribution >= 0.6 is 0 Å². The zero-order valence-corrected chi connectivity index (χ0v) is 15.0. The first-order valence-corrected chi connectivity index (χ1v) is 8.85. The summed E-state index contributed by atoms with van der Waals surface area (Å²) in [6.07, 6.45) is -3.53. The van der Waals surface area contributed by atoms with Crippen LogP contribution in [0, 0.1) is 0 Å². The Morgan fingerprint density at radius 3 is 2.58 bits per heavy atom. The molecule has 1 aromatic carbocycles. The normalized spacial score (nSPS) is 16.5. The Morgan fingerprint density at radius 2 is 1.88 bits per heavy atom. The molecule has 0 spiro atoms. The van der Waals surface area contributed by atoms with Crippen LogP contribution in [-0.4, -0.2) is 68.4 Å². The predicted octanol–water partition coefficient (Wildman–Crippen LogP) is 2.27. The van der Waals surface area contributed by atoms with Crippen molar-refractivity contribution < 1.29 is 22.7 Å². The van der Waals surface area contributed by atoms with Gasteiger partial charge in [0.1, 0.15) is 5.75 Å². The molecule has 5 nitrogen and oxygen atoms in total. The SMILES string of the molecule is CN1CCN(CCCNC(=O)CCc2ccccc2OC(F)(F)F)CC1. The van der Waals surface area contributed by atoms with Crippen LogP contribution < -0.4 is 10.1 Å². The third kappa shape index (κ3) is 7.61. The van der Waals surface area contributed by atoms with Crippen molar-refractivity contribution in [3.8, 4) is 5.75 Å². The van der Waals surface area contributed by atoms with Crippen molar-refractivity contribution in [1.82, 2.24) is 15.1 Å². The first-order chi connectivity index (χ1) is 12.3. The first-order valence-electron chi connectivity index (χ1n) is 8.85. The maximum Gasteiger partial charge on any atom is 0.573 e. The number of likely N-dealkylation sites (N-methyl/N-ethyl adjacent to an activating group) is 1. The van der Waals surface area contributed by atoms with E-state index in [0.29, 0.717) is 12.1 Å². The molecule has 0 radical (unpaired) electrons. The van der Waals surface area contributed by atoms with E-state index in [2.05, 4.69) is 26.9 Å². The molecular formula is C18H26F3N3O2. The molecule has 26 heavy (non-hydrogen) atoms. The lowest BCUT2D eigenvalue weighted by molar-refractivity contribution is -0.274. The second-order valence-corrected chi connectivity index (χ2v) is 6.50. The summed E-state index contributed by atoms with van der Waals surface area (Å²) in [5, 5.41) is 2.83. The van der Waals surface area contributed by atoms with E-state index in [1.165, 1.54) is 12.1 Å². The first kappa shape index (κ1) is 20.5. The number of piperazine rings is 1. The summed E-state index contributed by atoms with van der Waals surface area (Å²) in [7, 11) is 2.11. The predicted molar refractivity (Wildman–Crippen MR) is 93.0 cm³/mol. The number of benzene rings is 1. The number of amides is 1. The molecule has 1 heterocycles. The molecule has 8 heteroatoms. The number of nitrogens with one attached hydrogen (secondary N) is 1. The van der Waals surface area contributed by atoms with Gasteiger partial charge in [-0.2, -0.15) is 0 Å². The van der Waals surface area contributed by atoms with E-state index < -0.39 is 6.36 Å². The van der Waals surface area contributed by atoms with Gasteiger partial charge in [0.05, 0.1) is 0 Å². The Bertz CT molecular complexity index is 573. The van der Waals surface area contributed by atoms with Gasteiger partial charge in [0.25, 0.3) is 0 Å². The Hall–Kier alpha value is -1.80. The van der Waals surface area contributed by atoms with Crippen LogP contribution in [0.2, 0.25) is 0 Å². The summed E-state index contributed by atoms with van der Waals surface area (Å²) in [6, 6.07) is 5.91. The molecule has 1 aliphatic rings. The smallest absolute Gasteiger partial charge is 0.406 e. The number of nitrogens with zero attached hydrogens (tertiary/aromatic N) is 2. The number of halogens is 3. The minimum absolute atomic E-state index is 0.132. The van der Waals surface area contributed by atoms with E-state index in [4.69, 9.17) is 0 Å². The topological polar surface area (TPSA) is 44.8 Å². The van der Waals surface area contributed by atoms with Crippen molar-refractivity contribution in [3.05, 3.63) is 29.8 Å². The van der Waals surface area contributed by atoms with Crippen molar-refractivity contribution in [2.24, 2.45) is 0 Å². The minimum atomic E-state index is -4.73. The molecule has 1 N–H and O–H groups in total. The maximum atomic E-state index is 12.4. The van der Waals surface area contributed by atoms with Gasteiger partial charge in [-0.3, -0.25) is 4.79 Å². The molecule has 1 aromatic rings. The standard InChI is InChI=1S/C18H26F3N3O2/c1-23-11-13-24(14-12-23)10-4-9-22-17(25)8-7-15-5-2-3-6-16(15)26-18(19,20)21/h2-3,5-6H,4,7-14H2,1H3,(H,22,25). The van der Waals surface area contributed by atoms with Crippen molar-refractivity contribution >= 4 is 5.91 Å². The Balaban J connectivity index is 1.66. The Kier molecular flexibility index (Phi) is 7.71. The molecule has 0 atom stereocenters. The molecule has 0 saturated carbocycles. The van der Waals surface area contributed by atoms with E-state index >= 15 is 0 Å². The number of para-hydroxylation sites is 1. The van der Waals surface area contributed by atoms with Gasteiger partial charge in [-0.25, -0.2) is 0 Å². The van der Waals surface area contributed by atoms with Gasteiger partial charge in [0.2, 0.25) is 5.91 Å². The van der Waals surface area contributed by atoms with Gasteiger partial charge < -0.3 is 19.9 Å². The van der Waals surface area contributed by atoms with Gasteiger partial charge >= 0.3 is 6.36 Å². The molecule has 0 bridgehead atoms. The van der Waals surface area contributed by atoms with E-state index in [0.717, 1.165) is 39.1 Å². The van der Waals surface area contributed by atoms with Crippen LogP contribution in [0.4, 0.5) is 13.2 Å². The second-order valence-electron chi connectivity index (χ2n) is 6.50. The lowest BCUT2D eigenvalue weighted by atomic mass is 10.1. The highest BCUT2D eigenvalue weighted by molar-refractivity contribution is 5.76. The highest BCUT2D eigenvalue weighted by atomic mass is 19.4. The molecule has 1 saturated heterocycles. The fourth-order valence-corrected chi connectivity index (χ4v) is 2.87. The minimum Gasteiger partial charge on any atom is -0.406 e. The van der Waals surface area contributed by atoms with Crippen LogP contribution in [0.3, 0.4) is 0 Å². The molecule has 146 valence electrons. The number of rotatable bonds is 8. The zero-order valence-electron chi connectivity index (χ0n) is 15.0. The third-order valence-corrected chi connectivity index (χ3v) is 4.39. The molecule has 0 unspecified atom stereocenters. The van der Waals surface area contributed by atoms with E-state index in [1.54, 1.807) is 12.1 Å². The summed E-state index contributed by atoms with van der Waals surface area (Å²) in [5.74, 6) is -0.409. The van der Waals surface area contributed by atoms with E-state index in [-0.39, 0.29) is 24.5 Å². The van der Waals surface area contributed by atoms with Crippen molar-refractivity contribution in [2.45, 2.75) is 25.6 Å². The van der Waals surface area contributed by atoms with Crippen LogP contribution in [0.25, 0.3) is 0 Å². The number of hydrogen-bond acceptors (Lipinski definition) is 4. The molecule has 0 aromatic heterocycles. The summed E-state index contributed by atoms with van der Waals surface area (Å²) in [5.41, 5.74) is 0.373. The molecular weight excluding hydrogens is 347 g/mol. The van der Waals surface area contributed by atoms with Crippen LogP contribution in [-0.2, 0) is 11.2 Å². The number of carbonyl (C=O) groups is 1. The van der Waals surface area contributed by atoms with Gasteiger partial charge in [0.15, 0.2) is 0 Å². The number of ether oxygens (including phenoxy) is 1. The summed E-state index contributed by atoms with van der Waals surface area (Å²) in [6.45, 7) is 5.72. The molecule has 0 aliphatic carbocycles. The monoisotopic (exact) mass is 373 g/mol. The van der Waals surface area contributed by atoms with Gasteiger partial charge in [-0.1, -0.05) is 18.2 Å². The van der Waals surface area contributed by atoms with E-state index in [9.17, 15) is 18.0 Å². The van der Waals surface area contributed by atoms with Gasteiger partial charge in [-0.05, 0) is 38.1 Å². The summed E-state index contributed by atoms with van der Waals surface area (Å²) < 4.78 is 41.2. The average molecular weight is 373 g/mol. The van der Waals surface area contributed by atoms with E-state index in [1.807, 2.05) is 0 Å². The molecule has 1 aliphatic heterocycles. The number of carbonyl (C=O) groups excluding carboxylic acids is 1. The van der Waals surface area contributed by atoms with Gasteiger partial charge in [0, 0.05) is 39.1 Å². The van der Waals surface area contributed by atoms with Crippen molar-refractivity contribution in [1.29, 1.82) is 0 Å². The second kappa shape index (κ2) is 9.78. The molecule has 2 rings (SSSR count). The highest BCUT2D eigenvalue weighted by Gasteiger charge is 2.31. The van der Waals surface area contributed by atoms with Crippen LogP contribution in [0.5, 0.6) is 5.75 Å². The lowest BCUT2D eigenvalue weighted by Gasteiger charge is -2.32. The van der Waals surface area contributed by atoms with Gasteiger partial charge in [-0.15, -0.1) is 13.2 Å². The number of alkyl halides is 3. The van der Waals surface area contributed by atoms with Crippen molar-refractivity contribution in [2.75, 3.05) is 46.3 Å². The Morgan fingerprint density at radius 1 is 1.19 bits per heavy atom. The highest BCUT2D eigenvalue weighted by Crippen LogP contribution is 2.26. The summed E-state index contributed by atoms with van der Waals surface area (Å²) >= 11 is 0. The Labute approximate surface area is 152 Å². The maximum absolute atomic E-state index is 12.4. The lowest BCUT2D eigenvalue weighted by Crippen LogP contribution is -2.45. The fourth-order valence-electron chi connectivity index (χ4n) is 2.87. The largest absolute Gasteiger partial charge is 0.573 e. The molecule has 1 fully saturated rings. The fraction of sp³-hybridized carbons (Fsp3) is 0.611. The average Bonchev–Trinajstić information content (AvgIpc) is 2.58. The molecule has 1 amide bonds. The summed E-state index contributed by atoms with van der Waals surface area (Å²) in [4.78, 5) is 16.6. The van der Waals surface area contributed by atoms with Crippen LogP contribution in [0.1, 0.15) is 18.4 Å². The number of hydrogen-bond donors (Lipinski definition) is 1. The third-order valence-electron chi connectivity index (χ3n) is 4.39. The van der Waals surface area contributed by atoms with Crippen molar-refractivity contribution in [3.63, 3.8) is 0 Å².